The van der Waals surface area contributed by atoms with E-state index in [2.05, 4.69) is 32.2 Å². The van der Waals surface area contributed by atoms with Gasteiger partial charge in [0.25, 0.3) is 5.69 Å². The Labute approximate surface area is 114 Å². The van der Waals surface area contributed by atoms with Gasteiger partial charge in [0, 0.05) is 5.56 Å². The third kappa shape index (κ3) is 3.20. The van der Waals surface area contributed by atoms with Crippen LogP contribution in [0.4, 0.5) is 11.5 Å². The summed E-state index contributed by atoms with van der Waals surface area (Å²) in [5, 5.41) is 13.8. The molecule has 1 rings (SSSR count). The van der Waals surface area contributed by atoms with E-state index < -0.39 is 4.92 Å². The Morgan fingerprint density at radius 2 is 2.39 bits per heavy atom. The zero-order valence-electron chi connectivity index (χ0n) is 10.2. The van der Waals surface area contributed by atoms with Crippen LogP contribution in [-0.4, -0.2) is 15.9 Å². The number of pyridine rings is 1. The maximum Gasteiger partial charge on any atom is 0.291 e. The summed E-state index contributed by atoms with van der Waals surface area (Å²) in [6.07, 6.45) is 8.42. The first-order valence-corrected chi connectivity index (χ1v) is 6.32. The average Bonchev–Trinajstić information content (AvgIpc) is 2.33. The van der Waals surface area contributed by atoms with Crippen molar-refractivity contribution in [1.29, 1.82) is 0 Å². The summed E-state index contributed by atoms with van der Waals surface area (Å²) < 4.78 is 0.577. The number of aromatic nitrogens is 1. The van der Waals surface area contributed by atoms with E-state index >= 15 is 0 Å². The predicted molar refractivity (Wildman–Crippen MR) is 74.5 cm³/mol. The lowest BCUT2D eigenvalue weighted by molar-refractivity contribution is -0.385. The van der Waals surface area contributed by atoms with Gasteiger partial charge >= 0.3 is 0 Å². The van der Waals surface area contributed by atoms with Crippen LogP contribution in [0.1, 0.15) is 25.3 Å². The van der Waals surface area contributed by atoms with Crippen LogP contribution in [-0.2, 0) is 0 Å². The third-order valence-electron chi connectivity index (χ3n) is 2.52. The first kappa shape index (κ1) is 14.5. The smallest absolute Gasteiger partial charge is 0.291 e. The minimum absolute atomic E-state index is 0.0137. The van der Waals surface area contributed by atoms with Crippen molar-refractivity contribution in [1.82, 2.24) is 4.98 Å². The SMILES string of the molecule is C#CC(CCC)Nc1ncc([N+](=O)[O-])c(C)c1Br. The van der Waals surface area contributed by atoms with Crippen molar-refractivity contribution in [2.75, 3.05) is 5.32 Å². The van der Waals surface area contributed by atoms with Crippen LogP contribution in [0.3, 0.4) is 0 Å². The van der Waals surface area contributed by atoms with E-state index in [0.717, 1.165) is 12.8 Å². The fourth-order valence-electron chi connectivity index (χ4n) is 1.50. The molecule has 0 aliphatic rings. The predicted octanol–water partition coefficient (Wildman–Crippen LogP) is 3.27. The number of hydrogen-bond acceptors (Lipinski definition) is 4. The van der Waals surface area contributed by atoms with Crippen molar-refractivity contribution in [3.63, 3.8) is 0 Å². The minimum atomic E-state index is -0.457. The van der Waals surface area contributed by atoms with E-state index in [9.17, 15) is 10.1 Å². The van der Waals surface area contributed by atoms with Gasteiger partial charge in [-0.15, -0.1) is 6.42 Å². The van der Waals surface area contributed by atoms with E-state index in [1.54, 1.807) is 6.92 Å². The van der Waals surface area contributed by atoms with Gasteiger partial charge in [-0.1, -0.05) is 19.3 Å². The molecule has 18 heavy (non-hydrogen) atoms. The molecule has 0 radical (unpaired) electrons. The molecule has 1 unspecified atom stereocenters. The topological polar surface area (TPSA) is 68.1 Å². The van der Waals surface area contributed by atoms with Crippen LogP contribution in [0.25, 0.3) is 0 Å². The summed E-state index contributed by atoms with van der Waals surface area (Å²) in [6.45, 7) is 3.70. The van der Waals surface area contributed by atoms with Gasteiger partial charge < -0.3 is 5.32 Å². The molecule has 0 saturated heterocycles. The Hall–Kier alpha value is -1.61. The van der Waals surface area contributed by atoms with Crippen LogP contribution in [0, 0.1) is 29.4 Å². The highest BCUT2D eigenvalue weighted by atomic mass is 79.9. The van der Waals surface area contributed by atoms with E-state index in [0.29, 0.717) is 15.9 Å². The number of terminal acetylenes is 1. The zero-order valence-corrected chi connectivity index (χ0v) is 11.8. The summed E-state index contributed by atoms with van der Waals surface area (Å²) in [5.74, 6) is 3.17. The molecule has 0 aliphatic heterocycles. The molecule has 1 aromatic heterocycles. The molecule has 1 aromatic rings. The van der Waals surface area contributed by atoms with Crippen molar-refractivity contribution in [3.05, 3.63) is 26.3 Å². The molecule has 0 aromatic carbocycles. The zero-order chi connectivity index (χ0) is 13.7. The van der Waals surface area contributed by atoms with E-state index in [1.165, 1.54) is 6.20 Å². The van der Waals surface area contributed by atoms with Gasteiger partial charge in [-0.25, -0.2) is 4.98 Å². The number of nitro groups is 1. The molecule has 5 nitrogen and oxygen atoms in total. The van der Waals surface area contributed by atoms with Crippen LogP contribution >= 0.6 is 15.9 Å². The van der Waals surface area contributed by atoms with Crippen LogP contribution < -0.4 is 5.32 Å². The first-order valence-electron chi connectivity index (χ1n) is 5.53. The second kappa shape index (κ2) is 6.36. The standard InChI is InChI=1S/C12H14BrN3O2/c1-4-6-9(5-2)15-12-11(13)8(3)10(7-14-12)16(17)18/h2,7,9H,4,6H2,1,3H3,(H,14,15). The Morgan fingerprint density at radius 1 is 1.72 bits per heavy atom. The number of nitrogens with zero attached hydrogens (tertiary/aromatic N) is 2. The number of halogens is 1. The van der Waals surface area contributed by atoms with Gasteiger partial charge in [0.1, 0.15) is 12.0 Å². The van der Waals surface area contributed by atoms with Gasteiger partial charge in [0.15, 0.2) is 0 Å². The average molecular weight is 312 g/mol. The Kier molecular flexibility index (Phi) is 5.10. The largest absolute Gasteiger partial charge is 0.356 e. The molecule has 0 aliphatic carbocycles. The van der Waals surface area contributed by atoms with Crippen molar-refractivity contribution < 1.29 is 4.92 Å². The van der Waals surface area contributed by atoms with Gasteiger partial charge in [-0.05, 0) is 29.3 Å². The third-order valence-corrected chi connectivity index (χ3v) is 3.49. The molecule has 1 N–H and O–H groups in total. The number of hydrogen-bond donors (Lipinski definition) is 1. The van der Waals surface area contributed by atoms with Crippen LogP contribution in [0.15, 0.2) is 10.7 Å². The second-order valence-electron chi connectivity index (χ2n) is 3.84. The molecule has 96 valence electrons. The number of nitrogens with one attached hydrogen (secondary N) is 1. The maximum absolute atomic E-state index is 10.8. The fraction of sp³-hybridized carbons (Fsp3) is 0.417. The molecular weight excluding hydrogens is 298 g/mol. The molecule has 0 saturated carbocycles. The van der Waals surface area contributed by atoms with Crippen LogP contribution in [0.2, 0.25) is 0 Å². The van der Waals surface area contributed by atoms with Crippen molar-refractivity contribution in [3.8, 4) is 12.3 Å². The Bertz CT molecular complexity index is 497. The van der Waals surface area contributed by atoms with E-state index in [-0.39, 0.29) is 11.7 Å². The first-order chi connectivity index (χ1) is 8.51. The van der Waals surface area contributed by atoms with Crippen molar-refractivity contribution in [2.45, 2.75) is 32.7 Å². The molecule has 6 heteroatoms. The van der Waals surface area contributed by atoms with Gasteiger partial charge in [-0.3, -0.25) is 10.1 Å². The van der Waals surface area contributed by atoms with Gasteiger partial charge in [0.2, 0.25) is 0 Å². The highest BCUT2D eigenvalue weighted by Crippen LogP contribution is 2.30. The number of rotatable bonds is 5. The summed E-state index contributed by atoms with van der Waals surface area (Å²) >= 11 is 3.31. The molecule has 0 fully saturated rings. The van der Waals surface area contributed by atoms with Crippen molar-refractivity contribution in [2.24, 2.45) is 0 Å². The summed E-state index contributed by atoms with van der Waals surface area (Å²) in [5.41, 5.74) is 0.518. The molecule has 0 spiro atoms. The van der Waals surface area contributed by atoms with Gasteiger partial charge in [0.05, 0.1) is 15.4 Å². The lowest BCUT2D eigenvalue weighted by Crippen LogP contribution is -2.18. The fourth-order valence-corrected chi connectivity index (χ4v) is 1.92. The minimum Gasteiger partial charge on any atom is -0.356 e. The second-order valence-corrected chi connectivity index (χ2v) is 4.63. The lowest BCUT2D eigenvalue weighted by atomic mass is 10.1. The monoisotopic (exact) mass is 311 g/mol. The van der Waals surface area contributed by atoms with Crippen LogP contribution in [0.5, 0.6) is 0 Å². The molecule has 0 amide bonds. The molecular formula is C12H14BrN3O2. The summed E-state index contributed by atoms with van der Waals surface area (Å²) in [4.78, 5) is 14.3. The maximum atomic E-state index is 10.8. The highest BCUT2D eigenvalue weighted by Gasteiger charge is 2.18. The molecule has 1 atom stereocenters. The summed E-state index contributed by atoms with van der Waals surface area (Å²) in [6, 6.07) is -0.125. The van der Waals surface area contributed by atoms with E-state index in [1.807, 2.05) is 6.92 Å². The Balaban J connectivity index is 3.02. The van der Waals surface area contributed by atoms with Gasteiger partial charge in [-0.2, -0.15) is 0 Å². The highest BCUT2D eigenvalue weighted by molar-refractivity contribution is 9.10. The lowest BCUT2D eigenvalue weighted by Gasteiger charge is -2.14. The Morgan fingerprint density at radius 3 is 2.89 bits per heavy atom. The quantitative estimate of drug-likeness (QED) is 0.515. The molecule has 1 heterocycles. The van der Waals surface area contributed by atoms with Crippen molar-refractivity contribution >= 4 is 27.4 Å². The number of anilines is 1. The normalized spacial score (nSPS) is 11.7. The molecule has 0 bridgehead atoms. The summed E-state index contributed by atoms with van der Waals surface area (Å²) in [7, 11) is 0. The van der Waals surface area contributed by atoms with E-state index in [4.69, 9.17) is 6.42 Å².